The van der Waals surface area contributed by atoms with Crippen molar-refractivity contribution in [1.29, 1.82) is 0 Å². The Morgan fingerprint density at radius 2 is 2.00 bits per heavy atom. The molecule has 1 aromatic heterocycles. The Hall–Kier alpha value is -2.74. The van der Waals surface area contributed by atoms with Crippen LogP contribution in [-0.2, 0) is 17.8 Å². The molecule has 8 nitrogen and oxygen atoms in total. The summed E-state index contributed by atoms with van der Waals surface area (Å²) in [5.74, 6) is 0.770. The zero-order chi connectivity index (χ0) is 19.9. The van der Waals surface area contributed by atoms with Gasteiger partial charge in [0.15, 0.2) is 5.82 Å². The number of nitrogens with one attached hydrogen (secondary N) is 2. The Morgan fingerprint density at radius 3 is 2.71 bits per heavy atom. The van der Waals surface area contributed by atoms with Crippen molar-refractivity contribution in [3.8, 4) is 0 Å². The first-order valence-corrected chi connectivity index (χ1v) is 9.75. The molecular weight excluding hydrogens is 358 g/mol. The smallest absolute Gasteiger partial charge is 0.253 e. The van der Waals surface area contributed by atoms with Crippen LogP contribution >= 0.6 is 0 Å². The second kappa shape index (κ2) is 9.45. The van der Waals surface area contributed by atoms with Crippen LogP contribution in [0.4, 0.5) is 5.69 Å². The number of aryl methyl sites for hydroxylation is 1. The van der Waals surface area contributed by atoms with Gasteiger partial charge in [0.25, 0.3) is 5.91 Å². The largest absolute Gasteiger partial charge is 0.349 e. The van der Waals surface area contributed by atoms with Crippen molar-refractivity contribution in [2.45, 2.75) is 51.6 Å². The number of aromatic nitrogens is 2. The molecule has 2 amide bonds. The maximum Gasteiger partial charge on any atom is 0.253 e. The Morgan fingerprint density at radius 1 is 1.25 bits per heavy atom. The number of hydrogen-bond donors (Lipinski definition) is 2. The summed E-state index contributed by atoms with van der Waals surface area (Å²) in [5, 5.41) is 9.75. The number of likely N-dealkylation sites (N-methyl/N-ethyl adjacent to an activating group) is 1. The summed E-state index contributed by atoms with van der Waals surface area (Å²) >= 11 is 0. The van der Waals surface area contributed by atoms with E-state index in [2.05, 4.69) is 20.8 Å². The summed E-state index contributed by atoms with van der Waals surface area (Å²) in [7, 11) is 1.80. The number of amides is 2. The van der Waals surface area contributed by atoms with Gasteiger partial charge in [-0.3, -0.25) is 14.5 Å². The van der Waals surface area contributed by atoms with E-state index in [0.717, 1.165) is 25.7 Å². The molecule has 2 aromatic rings. The molecule has 0 bridgehead atoms. The van der Waals surface area contributed by atoms with Crippen LogP contribution in [0.25, 0.3) is 0 Å². The Bertz CT molecular complexity index is 814. The van der Waals surface area contributed by atoms with Gasteiger partial charge in [0.05, 0.1) is 24.3 Å². The standard InChI is InChI=1S/C20H27N5O3/c1-3-17-23-19(28-24-17)13-25(2)12-18(26)22-16-11-7-6-10-15(16)20(27)21-14-8-4-5-9-14/h6-7,10-11,14H,3-5,8-9,12-13H2,1-2H3,(H,21,27)(H,22,26). The molecule has 0 aliphatic heterocycles. The van der Waals surface area contributed by atoms with E-state index in [-0.39, 0.29) is 24.4 Å². The number of hydrogen-bond acceptors (Lipinski definition) is 6. The number of carbonyl (C=O) groups excluding carboxylic acids is 2. The van der Waals surface area contributed by atoms with Crippen molar-refractivity contribution in [1.82, 2.24) is 20.4 Å². The van der Waals surface area contributed by atoms with Crippen LogP contribution < -0.4 is 10.6 Å². The lowest BCUT2D eigenvalue weighted by Crippen LogP contribution is -2.34. The van der Waals surface area contributed by atoms with Crippen LogP contribution in [-0.4, -0.2) is 46.5 Å². The van der Waals surface area contributed by atoms with Crippen LogP contribution in [0.5, 0.6) is 0 Å². The van der Waals surface area contributed by atoms with E-state index in [1.807, 2.05) is 6.92 Å². The first kappa shape index (κ1) is 20.0. The second-order valence-corrected chi connectivity index (χ2v) is 7.18. The molecule has 0 spiro atoms. The average Bonchev–Trinajstić information content (AvgIpc) is 3.33. The molecule has 1 aliphatic rings. The molecular formula is C20H27N5O3. The maximum atomic E-state index is 12.6. The van der Waals surface area contributed by atoms with E-state index in [1.165, 1.54) is 0 Å². The van der Waals surface area contributed by atoms with E-state index in [9.17, 15) is 9.59 Å². The summed E-state index contributed by atoms with van der Waals surface area (Å²) in [6, 6.07) is 7.30. The van der Waals surface area contributed by atoms with Crippen LogP contribution in [0.3, 0.4) is 0 Å². The van der Waals surface area contributed by atoms with Crippen LogP contribution in [0.1, 0.15) is 54.7 Å². The first-order chi connectivity index (χ1) is 13.5. The highest BCUT2D eigenvalue weighted by molar-refractivity contribution is 6.04. The summed E-state index contributed by atoms with van der Waals surface area (Å²) in [5.41, 5.74) is 0.998. The third kappa shape index (κ3) is 5.39. The van der Waals surface area contributed by atoms with E-state index >= 15 is 0 Å². The molecule has 1 saturated carbocycles. The van der Waals surface area contributed by atoms with Gasteiger partial charge in [-0.15, -0.1) is 0 Å². The van der Waals surface area contributed by atoms with Gasteiger partial charge in [-0.2, -0.15) is 4.98 Å². The Labute approximate surface area is 164 Å². The van der Waals surface area contributed by atoms with Crippen molar-refractivity contribution in [3.05, 3.63) is 41.5 Å². The zero-order valence-electron chi connectivity index (χ0n) is 16.4. The van der Waals surface area contributed by atoms with Gasteiger partial charge in [0.2, 0.25) is 11.8 Å². The number of carbonyl (C=O) groups is 2. The predicted octanol–water partition coefficient (Wildman–Crippen LogP) is 2.37. The highest BCUT2D eigenvalue weighted by Crippen LogP contribution is 2.20. The minimum Gasteiger partial charge on any atom is -0.349 e. The second-order valence-electron chi connectivity index (χ2n) is 7.18. The first-order valence-electron chi connectivity index (χ1n) is 9.75. The molecule has 0 radical (unpaired) electrons. The maximum absolute atomic E-state index is 12.6. The van der Waals surface area contributed by atoms with E-state index in [0.29, 0.717) is 35.9 Å². The number of rotatable bonds is 8. The summed E-state index contributed by atoms with van der Waals surface area (Å²) in [4.78, 5) is 31.1. The molecule has 2 N–H and O–H groups in total. The molecule has 1 aliphatic carbocycles. The number of para-hydroxylation sites is 1. The van der Waals surface area contributed by atoms with Gasteiger partial charge < -0.3 is 15.2 Å². The topological polar surface area (TPSA) is 100 Å². The van der Waals surface area contributed by atoms with Gasteiger partial charge in [0, 0.05) is 12.5 Å². The highest BCUT2D eigenvalue weighted by Gasteiger charge is 2.20. The Balaban J connectivity index is 1.56. The van der Waals surface area contributed by atoms with Crippen molar-refractivity contribution in [2.24, 2.45) is 0 Å². The lowest BCUT2D eigenvalue weighted by molar-refractivity contribution is -0.117. The third-order valence-electron chi connectivity index (χ3n) is 4.78. The molecule has 0 atom stereocenters. The van der Waals surface area contributed by atoms with Crippen molar-refractivity contribution < 1.29 is 14.1 Å². The van der Waals surface area contributed by atoms with E-state index in [4.69, 9.17) is 4.52 Å². The molecule has 1 aromatic carbocycles. The average molecular weight is 385 g/mol. The number of nitrogens with zero attached hydrogens (tertiary/aromatic N) is 3. The van der Waals surface area contributed by atoms with Crippen molar-refractivity contribution in [3.63, 3.8) is 0 Å². The fourth-order valence-electron chi connectivity index (χ4n) is 3.34. The highest BCUT2D eigenvalue weighted by atomic mass is 16.5. The number of benzene rings is 1. The normalized spacial score (nSPS) is 14.4. The van der Waals surface area contributed by atoms with Crippen molar-refractivity contribution in [2.75, 3.05) is 18.9 Å². The lowest BCUT2D eigenvalue weighted by Gasteiger charge is -2.17. The minimum absolute atomic E-state index is 0.141. The van der Waals surface area contributed by atoms with E-state index in [1.54, 1.807) is 36.2 Å². The quantitative estimate of drug-likeness (QED) is 0.724. The monoisotopic (exact) mass is 385 g/mol. The molecule has 1 heterocycles. The Kier molecular flexibility index (Phi) is 6.76. The lowest BCUT2D eigenvalue weighted by atomic mass is 10.1. The van der Waals surface area contributed by atoms with Gasteiger partial charge in [0.1, 0.15) is 0 Å². The van der Waals surface area contributed by atoms with Crippen LogP contribution in [0.15, 0.2) is 28.8 Å². The number of anilines is 1. The van der Waals surface area contributed by atoms with Gasteiger partial charge in [-0.1, -0.05) is 37.1 Å². The fraction of sp³-hybridized carbons (Fsp3) is 0.500. The van der Waals surface area contributed by atoms with Crippen LogP contribution in [0, 0.1) is 0 Å². The minimum atomic E-state index is -0.209. The van der Waals surface area contributed by atoms with E-state index < -0.39 is 0 Å². The van der Waals surface area contributed by atoms with Gasteiger partial charge in [-0.05, 0) is 32.0 Å². The fourth-order valence-corrected chi connectivity index (χ4v) is 3.34. The van der Waals surface area contributed by atoms with Crippen molar-refractivity contribution >= 4 is 17.5 Å². The molecule has 1 fully saturated rings. The molecule has 8 heteroatoms. The summed E-state index contributed by atoms with van der Waals surface area (Å²) in [6.07, 6.45) is 5.03. The predicted molar refractivity (Wildman–Crippen MR) is 105 cm³/mol. The molecule has 150 valence electrons. The summed E-state index contributed by atoms with van der Waals surface area (Å²) in [6.45, 7) is 2.47. The molecule has 0 unspecified atom stereocenters. The van der Waals surface area contributed by atoms with Gasteiger partial charge in [-0.25, -0.2) is 0 Å². The summed E-state index contributed by atoms with van der Waals surface area (Å²) < 4.78 is 5.15. The molecule has 3 rings (SSSR count). The van der Waals surface area contributed by atoms with Gasteiger partial charge >= 0.3 is 0 Å². The molecule has 0 saturated heterocycles. The van der Waals surface area contributed by atoms with Crippen LogP contribution in [0.2, 0.25) is 0 Å². The zero-order valence-corrected chi connectivity index (χ0v) is 16.4. The SMILES string of the molecule is CCc1noc(CN(C)CC(=O)Nc2ccccc2C(=O)NC2CCCC2)n1. The molecule has 28 heavy (non-hydrogen) atoms. The third-order valence-corrected chi connectivity index (χ3v) is 4.78.